The highest BCUT2D eigenvalue weighted by Crippen LogP contribution is 2.36. The minimum atomic E-state index is -0.197. The summed E-state index contributed by atoms with van der Waals surface area (Å²) in [6.45, 7) is 0. The lowest BCUT2D eigenvalue weighted by atomic mass is 10.0. The minimum Gasteiger partial charge on any atom is -0.278 e. The van der Waals surface area contributed by atoms with Gasteiger partial charge >= 0.3 is 0 Å². The Morgan fingerprint density at radius 2 is 1.72 bits per heavy atom. The van der Waals surface area contributed by atoms with Crippen molar-refractivity contribution in [1.29, 1.82) is 5.41 Å². The standard InChI is InChI=1S/C19H13N3OS2/c20-18-22(19-21-10-11-24-19)17(23)16(25-18)12-13-6-8-15(9-7-13)14-4-2-1-3-5-14/h1-12,20H/b16-12-,20-18?. The van der Waals surface area contributed by atoms with Gasteiger partial charge in [-0.1, -0.05) is 54.6 Å². The molecule has 4 rings (SSSR count). The number of nitrogens with zero attached hydrogens (tertiary/aromatic N) is 2. The van der Waals surface area contributed by atoms with Crippen molar-refractivity contribution >= 4 is 45.4 Å². The molecule has 2 aromatic carbocycles. The Bertz CT molecular complexity index is 948. The van der Waals surface area contributed by atoms with Gasteiger partial charge in [-0.15, -0.1) is 11.3 Å². The number of benzene rings is 2. The Balaban J connectivity index is 1.59. The van der Waals surface area contributed by atoms with Crippen LogP contribution in [0.1, 0.15) is 5.56 Å². The van der Waals surface area contributed by atoms with Crippen LogP contribution in [-0.2, 0) is 4.79 Å². The molecule has 1 saturated heterocycles. The lowest BCUT2D eigenvalue weighted by molar-refractivity contribution is -0.113. The number of rotatable bonds is 3. The molecule has 0 unspecified atom stereocenters. The summed E-state index contributed by atoms with van der Waals surface area (Å²) in [5, 5.41) is 10.6. The Morgan fingerprint density at radius 1 is 1.00 bits per heavy atom. The van der Waals surface area contributed by atoms with Crippen LogP contribution in [0.4, 0.5) is 5.13 Å². The fourth-order valence-corrected chi connectivity index (χ4v) is 4.09. The van der Waals surface area contributed by atoms with Crippen molar-refractivity contribution in [3.8, 4) is 11.1 Å². The minimum absolute atomic E-state index is 0.187. The third-order valence-electron chi connectivity index (χ3n) is 3.75. The number of hydrogen-bond acceptors (Lipinski definition) is 5. The predicted molar refractivity (Wildman–Crippen MR) is 105 cm³/mol. The van der Waals surface area contributed by atoms with Gasteiger partial charge in [0.2, 0.25) is 0 Å². The third-order valence-corrected chi connectivity index (χ3v) is 5.39. The van der Waals surface area contributed by atoms with E-state index in [1.807, 2.05) is 48.5 Å². The highest BCUT2D eigenvalue weighted by molar-refractivity contribution is 8.19. The van der Waals surface area contributed by atoms with Crippen molar-refractivity contribution in [2.45, 2.75) is 0 Å². The molecule has 1 N–H and O–H groups in total. The zero-order valence-corrected chi connectivity index (χ0v) is 14.7. The predicted octanol–water partition coefficient (Wildman–Crippen LogP) is 4.87. The SMILES string of the molecule is N=C1S/C(=C\c2ccc(-c3ccccc3)cc2)C(=O)N1c1nccs1. The summed E-state index contributed by atoms with van der Waals surface area (Å²) in [4.78, 5) is 18.6. The van der Waals surface area contributed by atoms with Gasteiger partial charge < -0.3 is 0 Å². The summed E-state index contributed by atoms with van der Waals surface area (Å²) in [5.74, 6) is -0.197. The van der Waals surface area contributed by atoms with E-state index in [0.29, 0.717) is 10.0 Å². The first-order chi connectivity index (χ1) is 12.2. The molecule has 1 fully saturated rings. The van der Waals surface area contributed by atoms with Gasteiger partial charge in [-0.25, -0.2) is 9.88 Å². The highest BCUT2D eigenvalue weighted by atomic mass is 32.2. The zero-order chi connectivity index (χ0) is 17.2. The Labute approximate surface area is 153 Å². The van der Waals surface area contributed by atoms with E-state index in [-0.39, 0.29) is 11.1 Å². The van der Waals surface area contributed by atoms with Crippen molar-refractivity contribution in [2.75, 3.05) is 4.90 Å². The number of carbonyl (C=O) groups is 1. The third kappa shape index (κ3) is 3.14. The van der Waals surface area contributed by atoms with Gasteiger partial charge in [0.25, 0.3) is 5.91 Å². The summed E-state index contributed by atoms with van der Waals surface area (Å²) < 4.78 is 0. The number of nitrogens with one attached hydrogen (secondary N) is 1. The van der Waals surface area contributed by atoms with Crippen LogP contribution < -0.4 is 4.90 Å². The molecule has 0 bridgehead atoms. The topological polar surface area (TPSA) is 57.1 Å². The molecular formula is C19H13N3OS2. The van der Waals surface area contributed by atoms with Crippen LogP contribution in [0.5, 0.6) is 0 Å². The first-order valence-electron chi connectivity index (χ1n) is 7.60. The number of amides is 1. The van der Waals surface area contributed by atoms with Crippen LogP contribution in [0, 0.1) is 5.41 Å². The van der Waals surface area contributed by atoms with Gasteiger partial charge in [-0.2, -0.15) is 0 Å². The van der Waals surface area contributed by atoms with E-state index in [2.05, 4.69) is 17.1 Å². The maximum atomic E-state index is 12.6. The monoisotopic (exact) mass is 363 g/mol. The van der Waals surface area contributed by atoms with E-state index < -0.39 is 0 Å². The van der Waals surface area contributed by atoms with Crippen LogP contribution in [0.25, 0.3) is 17.2 Å². The largest absolute Gasteiger partial charge is 0.278 e. The molecule has 0 aliphatic carbocycles. The number of hydrogen-bond donors (Lipinski definition) is 1. The van der Waals surface area contributed by atoms with E-state index >= 15 is 0 Å². The molecule has 122 valence electrons. The molecule has 0 spiro atoms. The van der Waals surface area contributed by atoms with E-state index in [9.17, 15) is 4.79 Å². The van der Waals surface area contributed by atoms with Gasteiger partial charge in [0, 0.05) is 11.6 Å². The second kappa shape index (κ2) is 6.66. The molecular weight excluding hydrogens is 350 g/mol. The second-order valence-corrected chi connectivity index (χ2v) is 7.26. The van der Waals surface area contributed by atoms with Gasteiger partial charge in [-0.3, -0.25) is 10.2 Å². The molecule has 25 heavy (non-hydrogen) atoms. The molecule has 1 amide bonds. The molecule has 6 heteroatoms. The number of amidine groups is 1. The molecule has 1 aromatic heterocycles. The van der Waals surface area contributed by atoms with Crippen LogP contribution >= 0.6 is 23.1 Å². The summed E-state index contributed by atoms with van der Waals surface area (Å²) in [6.07, 6.45) is 3.46. The quantitative estimate of drug-likeness (QED) is 0.676. The Kier molecular flexibility index (Phi) is 4.21. The van der Waals surface area contributed by atoms with E-state index in [1.165, 1.54) is 16.2 Å². The number of aromatic nitrogens is 1. The Hall–Kier alpha value is -2.70. The highest BCUT2D eigenvalue weighted by Gasteiger charge is 2.34. The average molecular weight is 363 g/mol. The van der Waals surface area contributed by atoms with Crippen molar-refractivity contribution < 1.29 is 4.79 Å². The van der Waals surface area contributed by atoms with Gasteiger partial charge in [0.05, 0.1) is 4.91 Å². The van der Waals surface area contributed by atoms with Crippen molar-refractivity contribution in [3.05, 3.63) is 76.6 Å². The van der Waals surface area contributed by atoms with Crippen molar-refractivity contribution in [3.63, 3.8) is 0 Å². The maximum absolute atomic E-state index is 12.6. The summed E-state index contributed by atoms with van der Waals surface area (Å²) >= 11 is 2.51. The molecule has 3 aromatic rings. The zero-order valence-electron chi connectivity index (χ0n) is 13.0. The second-order valence-electron chi connectivity index (χ2n) is 5.36. The molecule has 1 aliphatic rings. The van der Waals surface area contributed by atoms with Crippen LogP contribution in [0.2, 0.25) is 0 Å². The summed E-state index contributed by atoms with van der Waals surface area (Å²) in [5.41, 5.74) is 3.22. The lowest BCUT2D eigenvalue weighted by Crippen LogP contribution is -2.27. The van der Waals surface area contributed by atoms with Crippen LogP contribution in [-0.4, -0.2) is 16.1 Å². The van der Waals surface area contributed by atoms with Gasteiger partial charge in [0.1, 0.15) is 0 Å². The van der Waals surface area contributed by atoms with Crippen molar-refractivity contribution in [2.24, 2.45) is 0 Å². The van der Waals surface area contributed by atoms with E-state index in [4.69, 9.17) is 5.41 Å². The number of thioether (sulfide) groups is 1. The fourth-order valence-electron chi connectivity index (χ4n) is 2.54. The fraction of sp³-hybridized carbons (Fsp3) is 0. The lowest BCUT2D eigenvalue weighted by Gasteiger charge is -2.08. The number of thiazole rings is 1. The van der Waals surface area contributed by atoms with Gasteiger partial charge in [-0.05, 0) is 34.5 Å². The normalized spacial score (nSPS) is 16.0. The van der Waals surface area contributed by atoms with Crippen LogP contribution in [0.15, 0.2) is 71.1 Å². The van der Waals surface area contributed by atoms with E-state index in [1.54, 1.807) is 11.6 Å². The number of carbonyl (C=O) groups excluding carboxylic acids is 1. The summed E-state index contributed by atoms with van der Waals surface area (Å²) in [6, 6.07) is 18.2. The summed E-state index contributed by atoms with van der Waals surface area (Å²) in [7, 11) is 0. The number of anilines is 1. The molecule has 1 aliphatic heterocycles. The molecule has 2 heterocycles. The molecule has 0 radical (unpaired) electrons. The molecule has 0 atom stereocenters. The van der Waals surface area contributed by atoms with Crippen LogP contribution in [0.3, 0.4) is 0 Å². The smallest absolute Gasteiger partial charge is 0.273 e. The molecule has 0 saturated carbocycles. The first kappa shape index (κ1) is 15.8. The van der Waals surface area contributed by atoms with Gasteiger partial charge in [0.15, 0.2) is 10.3 Å². The van der Waals surface area contributed by atoms with Crippen molar-refractivity contribution in [1.82, 2.24) is 4.98 Å². The van der Waals surface area contributed by atoms with E-state index in [0.717, 1.165) is 28.5 Å². The first-order valence-corrected chi connectivity index (χ1v) is 9.29. The molecule has 4 nitrogen and oxygen atoms in total. The maximum Gasteiger partial charge on any atom is 0.273 e. The average Bonchev–Trinajstić information content (AvgIpc) is 3.25. The Morgan fingerprint density at radius 3 is 2.40 bits per heavy atom.